The van der Waals surface area contributed by atoms with Crippen molar-refractivity contribution in [2.75, 3.05) is 26.2 Å². The monoisotopic (exact) mass is 268 g/mol. The molecule has 18 heavy (non-hydrogen) atoms. The van der Waals surface area contributed by atoms with E-state index < -0.39 is 0 Å². The van der Waals surface area contributed by atoms with Crippen LogP contribution in [0.25, 0.3) is 0 Å². The van der Waals surface area contributed by atoms with Crippen LogP contribution in [0.2, 0.25) is 5.02 Å². The van der Waals surface area contributed by atoms with Crippen molar-refractivity contribution in [2.45, 2.75) is 32.1 Å². The summed E-state index contributed by atoms with van der Waals surface area (Å²) in [6.45, 7) is 4.81. The predicted octanol–water partition coefficient (Wildman–Crippen LogP) is 2.57. The third-order valence-electron chi connectivity index (χ3n) is 3.58. The molecule has 1 aromatic rings. The van der Waals surface area contributed by atoms with E-state index in [0.717, 1.165) is 18.8 Å². The highest BCUT2D eigenvalue weighted by molar-refractivity contribution is 6.32. The topological polar surface area (TPSA) is 13.7 Å². The minimum absolute atomic E-state index is 0.708. The van der Waals surface area contributed by atoms with Gasteiger partial charge in [0, 0.05) is 0 Å². The number of quaternary nitrogens is 1. The van der Waals surface area contributed by atoms with E-state index in [2.05, 4.69) is 0 Å². The highest BCUT2D eigenvalue weighted by Gasteiger charge is 2.12. The molecule has 1 aromatic carbocycles. The smallest absolute Gasteiger partial charge is 0.137 e. The normalized spacial score (nSPS) is 16.7. The summed E-state index contributed by atoms with van der Waals surface area (Å²) in [5.74, 6) is 0.810. The lowest BCUT2D eigenvalue weighted by Gasteiger charge is -2.23. The van der Waals surface area contributed by atoms with Crippen LogP contribution in [0.4, 0.5) is 0 Å². The first-order valence-electron chi connectivity index (χ1n) is 7.07. The molecule has 0 bridgehead atoms. The molecule has 2 rings (SSSR count). The van der Waals surface area contributed by atoms with Crippen LogP contribution in [0, 0.1) is 0 Å². The summed E-state index contributed by atoms with van der Waals surface area (Å²) in [6, 6.07) is 7.68. The number of benzene rings is 1. The fraction of sp³-hybridized carbons (Fsp3) is 0.600. The van der Waals surface area contributed by atoms with E-state index in [4.69, 9.17) is 16.3 Å². The molecule has 0 amide bonds. The van der Waals surface area contributed by atoms with Crippen LogP contribution < -0.4 is 9.64 Å². The van der Waals surface area contributed by atoms with E-state index in [1.165, 1.54) is 45.3 Å². The first-order chi connectivity index (χ1) is 8.86. The van der Waals surface area contributed by atoms with Gasteiger partial charge in [-0.05, 0) is 44.2 Å². The number of rotatable bonds is 6. The van der Waals surface area contributed by atoms with Crippen molar-refractivity contribution < 1.29 is 9.64 Å². The second kappa shape index (κ2) is 7.65. The lowest BCUT2D eigenvalue weighted by atomic mass is 10.1. The van der Waals surface area contributed by atoms with Gasteiger partial charge >= 0.3 is 0 Å². The van der Waals surface area contributed by atoms with E-state index in [1.807, 2.05) is 24.3 Å². The summed E-state index contributed by atoms with van der Waals surface area (Å²) in [4.78, 5) is 1.78. The number of nitrogens with one attached hydrogen (secondary N) is 1. The fourth-order valence-electron chi connectivity index (χ4n) is 2.52. The van der Waals surface area contributed by atoms with Crippen LogP contribution in [0.15, 0.2) is 24.3 Å². The number of para-hydroxylation sites is 1. The van der Waals surface area contributed by atoms with Crippen LogP contribution in [0.5, 0.6) is 5.75 Å². The molecule has 1 N–H and O–H groups in total. The predicted molar refractivity (Wildman–Crippen MR) is 75.6 cm³/mol. The molecule has 1 aliphatic heterocycles. The van der Waals surface area contributed by atoms with Crippen LogP contribution in [0.1, 0.15) is 32.1 Å². The minimum atomic E-state index is 0.708. The standard InChI is InChI=1S/C15H22ClNO/c16-14-8-2-3-9-15(14)18-13-7-6-12-17-10-4-1-5-11-17/h2-3,8-9H,1,4-7,10-13H2/p+1. The first-order valence-corrected chi connectivity index (χ1v) is 7.45. The van der Waals surface area contributed by atoms with Gasteiger partial charge in [-0.15, -0.1) is 0 Å². The van der Waals surface area contributed by atoms with Gasteiger partial charge in [-0.25, -0.2) is 0 Å². The molecule has 1 aliphatic rings. The zero-order chi connectivity index (χ0) is 12.6. The Kier molecular flexibility index (Phi) is 5.82. The summed E-state index contributed by atoms with van der Waals surface area (Å²) in [5, 5.41) is 0.708. The SMILES string of the molecule is Clc1ccccc1OCCCC[NH+]1CCCCC1. The Morgan fingerprint density at radius 1 is 1.06 bits per heavy atom. The number of unbranched alkanes of at least 4 members (excludes halogenated alkanes) is 1. The molecule has 0 atom stereocenters. The van der Waals surface area contributed by atoms with Crippen molar-refractivity contribution in [2.24, 2.45) is 0 Å². The van der Waals surface area contributed by atoms with Crippen LogP contribution in [0.3, 0.4) is 0 Å². The van der Waals surface area contributed by atoms with Gasteiger partial charge in [-0.2, -0.15) is 0 Å². The summed E-state index contributed by atoms with van der Waals surface area (Å²) >= 11 is 6.03. The maximum absolute atomic E-state index is 6.03. The number of hydrogen-bond acceptors (Lipinski definition) is 1. The largest absolute Gasteiger partial charge is 0.492 e. The van der Waals surface area contributed by atoms with Gasteiger partial charge < -0.3 is 9.64 Å². The van der Waals surface area contributed by atoms with Crippen LogP contribution in [-0.4, -0.2) is 26.2 Å². The van der Waals surface area contributed by atoms with E-state index in [-0.39, 0.29) is 0 Å². The van der Waals surface area contributed by atoms with Crippen molar-refractivity contribution in [3.8, 4) is 5.75 Å². The zero-order valence-electron chi connectivity index (χ0n) is 11.0. The van der Waals surface area contributed by atoms with Gasteiger partial charge in [0.25, 0.3) is 0 Å². The number of likely N-dealkylation sites (tertiary alicyclic amines) is 1. The highest BCUT2D eigenvalue weighted by Crippen LogP contribution is 2.23. The Hall–Kier alpha value is -0.730. The zero-order valence-corrected chi connectivity index (χ0v) is 11.7. The molecule has 0 aromatic heterocycles. The maximum atomic E-state index is 6.03. The van der Waals surface area contributed by atoms with Crippen molar-refractivity contribution in [1.29, 1.82) is 0 Å². The van der Waals surface area contributed by atoms with E-state index in [1.54, 1.807) is 4.90 Å². The second-order valence-electron chi connectivity index (χ2n) is 5.05. The van der Waals surface area contributed by atoms with Gasteiger partial charge in [-0.1, -0.05) is 23.7 Å². The Balaban J connectivity index is 1.57. The number of piperidine rings is 1. The molecule has 0 spiro atoms. The number of halogens is 1. The lowest BCUT2D eigenvalue weighted by molar-refractivity contribution is -0.905. The van der Waals surface area contributed by atoms with Gasteiger partial charge in [0.05, 0.1) is 31.3 Å². The van der Waals surface area contributed by atoms with Crippen molar-refractivity contribution in [1.82, 2.24) is 0 Å². The molecular weight excluding hydrogens is 246 g/mol. The molecule has 0 unspecified atom stereocenters. The molecule has 0 aliphatic carbocycles. The number of ether oxygens (including phenoxy) is 1. The molecule has 0 saturated carbocycles. The third kappa shape index (κ3) is 4.51. The maximum Gasteiger partial charge on any atom is 0.137 e. The highest BCUT2D eigenvalue weighted by atomic mass is 35.5. The van der Waals surface area contributed by atoms with Crippen LogP contribution in [-0.2, 0) is 0 Å². The number of hydrogen-bond donors (Lipinski definition) is 1. The molecule has 1 heterocycles. The molecule has 100 valence electrons. The quantitative estimate of drug-likeness (QED) is 0.783. The average Bonchev–Trinajstić information content (AvgIpc) is 2.42. The van der Waals surface area contributed by atoms with Gasteiger partial charge in [0.2, 0.25) is 0 Å². The van der Waals surface area contributed by atoms with Crippen molar-refractivity contribution in [3.63, 3.8) is 0 Å². The Labute approximate surface area is 115 Å². The summed E-state index contributed by atoms with van der Waals surface area (Å²) in [6.07, 6.45) is 6.62. The van der Waals surface area contributed by atoms with Crippen molar-refractivity contribution in [3.05, 3.63) is 29.3 Å². The first kappa shape index (κ1) is 13.7. The van der Waals surface area contributed by atoms with E-state index in [9.17, 15) is 0 Å². The van der Waals surface area contributed by atoms with Crippen molar-refractivity contribution >= 4 is 11.6 Å². The summed E-state index contributed by atoms with van der Waals surface area (Å²) < 4.78 is 5.68. The minimum Gasteiger partial charge on any atom is -0.492 e. The lowest BCUT2D eigenvalue weighted by Crippen LogP contribution is -3.12. The van der Waals surface area contributed by atoms with E-state index >= 15 is 0 Å². The molecule has 3 heteroatoms. The Bertz CT molecular complexity index is 350. The summed E-state index contributed by atoms with van der Waals surface area (Å²) in [5.41, 5.74) is 0. The van der Waals surface area contributed by atoms with Gasteiger partial charge in [-0.3, -0.25) is 0 Å². The molecule has 1 saturated heterocycles. The second-order valence-corrected chi connectivity index (χ2v) is 5.45. The third-order valence-corrected chi connectivity index (χ3v) is 3.89. The Morgan fingerprint density at radius 3 is 2.61 bits per heavy atom. The average molecular weight is 269 g/mol. The molecule has 2 nitrogen and oxygen atoms in total. The van der Waals surface area contributed by atoms with Crippen LogP contribution >= 0.6 is 11.6 Å². The Morgan fingerprint density at radius 2 is 1.83 bits per heavy atom. The van der Waals surface area contributed by atoms with E-state index in [0.29, 0.717) is 5.02 Å². The molecule has 0 radical (unpaired) electrons. The summed E-state index contributed by atoms with van der Waals surface area (Å²) in [7, 11) is 0. The molecule has 1 fully saturated rings. The molecular formula is C15H23ClNO+. The van der Waals surface area contributed by atoms with Gasteiger partial charge in [0.1, 0.15) is 5.75 Å². The fourth-order valence-corrected chi connectivity index (χ4v) is 2.71. The van der Waals surface area contributed by atoms with Gasteiger partial charge in [0.15, 0.2) is 0 Å².